The first-order valence-electron chi connectivity index (χ1n) is 4.48. The molecule has 2 aromatic rings. The fourth-order valence-electron chi connectivity index (χ4n) is 1.90. The van der Waals surface area contributed by atoms with Crippen LogP contribution in [-0.2, 0) is 0 Å². The van der Waals surface area contributed by atoms with Crippen molar-refractivity contribution in [3.05, 3.63) is 59.2 Å². The summed E-state index contributed by atoms with van der Waals surface area (Å²) in [6.45, 7) is 0. The minimum absolute atomic E-state index is 0.398. The van der Waals surface area contributed by atoms with Gasteiger partial charge in [0.25, 0.3) is 0 Å². The predicted molar refractivity (Wildman–Crippen MR) is 57.1 cm³/mol. The average Bonchev–Trinajstić information content (AvgIpc) is 2.56. The van der Waals surface area contributed by atoms with Gasteiger partial charge in [0.05, 0.1) is 0 Å². The molecule has 1 aliphatic carbocycles. The molecule has 0 fully saturated rings. The Morgan fingerprint density at radius 3 is 2.69 bits per heavy atom. The maximum absolute atomic E-state index is 2.37. The molecule has 1 heteroatoms. The summed E-state index contributed by atoms with van der Waals surface area (Å²) in [5, 5.41) is 0. The van der Waals surface area contributed by atoms with Gasteiger partial charge in [-0.05, 0) is 22.3 Å². The summed E-state index contributed by atoms with van der Waals surface area (Å²) in [5.41, 5.74) is 10.3. The Hall–Kier alpha value is -1.21. The lowest BCUT2D eigenvalue weighted by molar-refractivity contribution is 1.56. The Kier molecular flexibility index (Phi) is 1.46. The van der Waals surface area contributed by atoms with Gasteiger partial charge in [0, 0.05) is 15.5 Å². The summed E-state index contributed by atoms with van der Waals surface area (Å²) in [6, 6.07) is 10.9. The highest BCUT2D eigenvalue weighted by Crippen LogP contribution is 2.36. The second-order valence-electron chi connectivity index (χ2n) is 3.32. The van der Waals surface area contributed by atoms with Gasteiger partial charge in [0.1, 0.15) is 0 Å². The molecular weight excluding hydrogens is 172 g/mol. The minimum Gasteiger partial charge on any atom is -0.0799 e. The predicted octanol–water partition coefficient (Wildman–Crippen LogP) is 2.34. The van der Waals surface area contributed by atoms with Crippen LogP contribution in [0, 0.1) is 6.42 Å². The monoisotopic (exact) mass is 181 g/mol. The summed E-state index contributed by atoms with van der Waals surface area (Å²) in [7, 11) is 0.398. The van der Waals surface area contributed by atoms with E-state index >= 15 is 0 Å². The van der Waals surface area contributed by atoms with Crippen molar-refractivity contribution < 1.29 is 0 Å². The molecule has 13 heavy (non-hydrogen) atoms. The van der Waals surface area contributed by atoms with Crippen LogP contribution in [0.5, 0.6) is 0 Å². The molecule has 1 heterocycles. The van der Waals surface area contributed by atoms with E-state index in [0.29, 0.717) is 9.12 Å². The highest BCUT2D eigenvalue weighted by atomic mass is 28.2. The van der Waals surface area contributed by atoms with Gasteiger partial charge in [0.15, 0.2) is 0 Å². The molecule has 0 unspecified atom stereocenters. The molecule has 3 rings (SSSR count). The maximum atomic E-state index is 2.37. The molecule has 0 saturated carbocycles. The third-order valence-electron chi connectivity index (χ3n) is 2.52. The molecule has 0 spiro atoms. The Balaban J connectivity index is 2.32. The largest absolute Gasteiger partial charge is 0.0799 e. The molecule has 0 aliphatic heterocycles. The van der Waals surface area contributed by atoms with Crippen LogP contribution in [0.2, 0.25) is 0 Å². The van der Waals surface area contributed by atoms with Crippen LogP contribution in [0.1, 0.15) is 11.1 Å². The summed E-state index contributed by atoms with van der Waals surface area (Å²) in [5.74, 6) is 0. The van der Waals surface area contributed by atoms with Gasteiger partial charge in [-0.1, -0.05) is 41.7 Å². The van der Waals surface area contributed by atoms with Crippen molar-refractivity contribution in [2.75, 3.05) is 0 Å². The first-order chi connectivity index (χ1) is 6.45. The standard InChI is InChI=1S/C12H9Si/c1-2-4-11-9(3-1)7-10-8-13-6-5-12(10)11/h1-8,13H. The fourth-order valence-corrected chi connectivity index (χ4v) is 2.80. The van der Waals surface area contributed by atoms with Crippen LogP contribution in [0.15, 0.2) is 41.7 Å². The lowest BCUT2D eigenvalue weighted by Gasteiger charge is -1.97. The summed E-state index contributed by atoms with van der Waals surface area (Å²) in [4.78, 5) is 0. The maximum Gasteiger partial charge on any atom is 0.0207 e. The van der Waals surface area contributed by atoms with Crippen molar-refractivity contribution in [1.29, 1.82) is 0 Å². The Bertz CT molecular complexity index is 417. The van der Waals surface area contributed by atoms with Gasteiger partial charge in [-0.3, -0.25) is 0 Å². The topological polar surface area (TPSA) is 0 Å². The van der Waals surface area contributed by atoms with Crippen LogP contribution in [0.25, 0.3) is 11.1 Å². The number of fused-ring (bicyclic) bond motifs is 3. The summed E-state index contributed by atoms with van der Waals surface area (Å²) in [6.07, 6.45) is 2.29. The van der Waals surface area contributed by atoms with Crippen LogP contribution in [0.3, 0.4) is 0 Å². The van der Waals surface area contributed by atoms with Crippen LogP contribution < -0.4 is 0 Å². The van der Waals surface area contributed by atoms with E-state index in [1.807, 2.05) is 0 Å². The Labute approximate surface area is 80.0 Å². The van der Waals surface area contributed by atoms with Crippen molar-refractivity contribution in [1.82, 2.24) is 0 Å². The number of benzene rings is 1. The second-order valence-corrected chi connectivity index (χ2v) is 4.42. The van der Waals surface area contributed by atoms with Crippen molar-refractivity contribution in [2.24, 2.45) is 0 Å². The molecule has 0 saturated heterocycles. The van der Waals surface area contributed by atoms with E-state index in [9.17, 15) is 0 Å². The fraction of sp³-hybridized carbons (Fsp3) is 0. The molecular formula is C12H9Si. The normalized spacial score (nSPS) is 12.3. The molecule has 1 aromatic heterocycles. The van der Waals surface area contributed by atoms with Gasteiger partial charge in [0.2, 0.25) is 0 Å². The molecule has 61 valence electrons. The van der Waals surface area contributed by atoms with Gasteiger partial charge < -0.3 is 0 Å². The molecule has 1 radical (unpaired) electrons. The van der Waals surface area contributed by atoms with Gasteiger partial charge >= 0.3 is 0 Å². The minimum atomic E-state index is 0.398. The zero-order valence-electron chi connectivity index (χ0n) is 7.20. The lowest BCUT2D eigenvalue weighted by Crippen LogP contribution is -1.78. The molecule has 0 amide bonds. The van der Waals surface area contributed by atoms with Crippen molar-refractivity contribution in [2.45, 2.75) is 0 Å². The lowest BCUT2D eigenvalue weighted by atomic mass is 10.1. The first-order valence-corrected chi connectivity index (χ1v) is 5.82. The molecule has 0 nitrogen and oxygen atoms in total. The van der Waals surface area contributed by atoms with Crippen LogP contribution in [-0.4, -0.2) is 9.12 Å². The Morgan fingerprint density at radius 1 is 0.846 bits per heavy atom. The number of hydrogen-bond acceptors (Lipinski definition) is 0. The van der Waals surface area contributed by atoms with Crippen LogP contribution >= 0.6 is 0 Å². The Morgan fingerprint density at radius 2 is 1.69 bits per heavy atom. The molecule has 1 aromatic carbocycles. The van der Waals surface area contributed by atoms with E-state index in [1.54, 1.807) is 0 Å². The van der Waals surface area contributed by atoms with E-state index in [-0.39, 0.29) is 0 Å². The van der Waals surface area contributed by atoms with E-state index in [2.05, 4.69) is 48.1 Å². The SMILES string of the molecule is [CH]1c2ccccc2-c2cc[siH]cc21. The van der Waals surface area contributed by atoms with Crippen molar-refractivity contribution in [3.8, 4) is 11.1 Å². The van der Waals surface area contributed by atoms with Crippen molar-refractivity contribution in [3.63, 3.8) is 0 Å². The third kappa shape index (κ3) is 1.01. The summed E-state index contributed by atoms with van der Waals surface area (Å²) < 4.78 is 0. The van der Waals surface area contributed by atoms with Gasteiger partial charge in [-0.25, -0.2) is 0 Å². The van der Waals surface area contributed by atoms with E-state index in [4.69, 9.17) is 0 Å². The summed E-state index contributed by atoms with van der Waals surface area (Å²) >= 11 is 0. The van der Waals surface area contributed by atoms with E-state index in [0.717, 1.165) is 0 Å². The zero-order valence-corrected chi connectivity index (χ0v) is 8.35. The molecule has 0 N–H and O–H groups in total. The molecule has 1 aliphatic rings. The first kappa shape index (κ1) is 7.22. The third-order valence-corrected chi connectivity index (χ3v) is 3.49. The van der Waals surface area contributed by atoms with Gasteiger partial charge in [-0.15, -0.1) is 0 Å². The van der Waals surface area contributed by atoms with Crippen molar-refractivity contribution >= 4 is 9.12 Å². The molecule has 0 bridgehead atoms. The number of hydrogen-bond donors (Lipinski definition) is 0. The highest BCUT2D eigenvalue weighted by Gasteiger charge is 2.16. The smallest absolute Gasteiger partial charge is 0.0207 e. The quantitative estimate of drug-likeness (QED) is 0.467. The van der Waals surface area contributed by atoms with E-state index in [1.165, 1.54) is 22.3 Å². The van der Waals surface area contributed by atoms with E-state index < -0.39 is 0 Å². The number of rotatable bonds is 0. The zero-order chi connectivity index (χ0) is 8.67. The second kappa shape index (κ2) is 2.64. The van der Waals surface area contributed by atoms with Crippen LogP contribution in [0.4, 0.5) is 0 Å². The molecule has 0 atom stereocenters. The van der Waals surface area contributed by atoms with Gasteiger partial charge in [-0.2, -0.15) is 0 Å². The highest BCUT2D eigenvalue weighted by molar-refractivity contribution is 6.28. The average molecular weight is 181 g/mol.